The van der Waals surface area contributed by atoms with E-state index in [4.69, 9.17) is 21.7 Å². The fourth-order valence-electron chi connectivity index (χ4n) is 2.60. The van der Waals surface area contributed by atoms with Gasteiger partial charge >= 0.3 is 0 Å². The Hall–Kier alpha value is -2.27. The lowest BCUT2D eigenvalue weighted by molar-refractivity contribution is 0.174. The molecule has 1 aliphatic rings. The van der Waals surface area contributed by atoms with Gasteiger partial charge in [-0.3, -0.25) is 0 Å². The molecular weight excluding hydrogens is 320 g/mol. The lowest BCUT2D eigenvalue weighted by atomic mass is 10.2. The highest BCUT2D eigenvalue weighted by Crippen LogP contribution is 2.32. The van der Waals surface area contributed by atoms with Gasteiger partial charge in [-0.25, -0.2) is 0 Å². The van der Waals surface area contributed by atoms with Crippen molar-refractivity contribution in [3.63, 3.8) is 0 Å². The molecule has 0 fully saturated rings. The second kappa shape index (κ2) is 7.53. The van der Waals surface area contributed by atoms with Gasteiger partial charge in [0.15, 0.2) is 16.6 Å². The van der Waals surface area contributed by atoms with Gasteiger partial charge in [0.2, 0.25) is 6.79 Å². The monoisotopic (exact) mass is 342 g/mol. The van der Waals surface area contributed by atoms with Crippen LogP contribution in [-0.2, 0) is 13.1 Å². The summed E-state index contributed by atoms with van der Waals surface area (Å²) in [5.74, 6) is 1.60. The maximum absolute atomic E-state index is 5.61. The van der Waals surface area contributed by atoms with E-state index < -0.39 is 0 Å². The van der Waals surface area contributed by atoms with Gasteiger partial charge in [-0.05, 0) is 49.3 Å². The fraction of sp³-hybridized carbons (Fsp3) is 0.316. The zero-order valence-corrected chi connectivity index (χ0v) is 14.8. The summed E-state index contributed by atoms with van der Waals surface area (Å²) >= 11 is 5.61. The number of fused-ring (bicyclic) bond motifs is 1. The summed E-state index contributed by atoms with van der Waals surface area (Å²) in [5, 5.41) is 4.11. The van der Waals surface area contributed by atoms with E-state index in [1.54, 1.807) is 0 Å². The molecule has 3 rings (SSSR count). The summed E-state index contributed by atoms with van der Waals surface area (Å²) in [5.41, 5.74) is 2.36. The van der Waals surface area contributed by atoms with Crippen molar-refractivity contribution < 1.29 is 9.47 Å². The second-order valence-corrected chi connectivity index (χ2v) is 6.44. The molecular formula is C19H22N2O2S. The first-order chi connectivity index (χ1) is 11.6. The molecule has 0 saturated heterocycles. The first-order valence-electron chi connectivity index (χ1n) is 8.10. The van der Waals surface area contributed by atoms with E-state index in [9.17, 15) is 0 Å². The average molecular weight is 342 g/mol. The first kappa shape index (κ1) is 16.6. The van der Waals surface area contributed by atoms with Crippen LogP contribution in [0.25, 0.3) is 0 Å². The quantitative estimate of drug-likeness (QED) is 0.838. The fourth-order valence-corrected chi connectivity index (χ4v) is 2.95. The molecule has 5 heteroatoms. The number of ether oxygens (including phenoxy) is 2. The number of hydrogen-bond donors (Lipinski definition) is 1. The van der Waals surface area contributed by atoms with Crippen LogP contribution in [0.2, 0.25) is 0 Å². The number of benzene rings is 2. The predicted octanol–water partition coefficient (Wildman–Crippen LogP) is 3.70. The zero-order valence-electron chi connectivity index (χ0n) is 14.0. The molecule has 0 atom stereocenters. The smallest absolute Gasteiger partial charge is 0.231 e. The maximum Gasteiger partial charge on any atom is 0.231 e. The summed E-state index contributed by atoms with van der Waals surface area (Å²) in [4.78, 5) is 2.19. The minimum absolute atomic E-state index is 0.294. The van der Waals surface area contributed by atoms with E-state index in [1.807, 2.05) is 24.3 Å². The van der Waals surface area contributed by atoms with Gasteiger partial charge in [0, 0.05) is 19.1 Å². The number of rotatable bonds is 5. The summed E-state index contributed by atoms with van der Waals surface area (Å²) < 4.78 is 10.8. The third kappa shape index (κ3) is 3.97. The van der Waals surface area contributed by atoms with E-state index in [-0.39, 0.29) is 0 Å². The average Bonchev–Trinajstić information content (AvgIpc) is 3.06. The van der Waals surface area contributed by atoms with Crippen LogP contribution in [0.3, 0.4) is 0 Å². The largest absolute Gasteiger partial charge is 0.454 e. The van der Waals surface area contributed by atoms with Gasteiger partial charge < -0.3 is 19.7 Å². The Morgan fingerprint density at radius 1 is 1.08 bits per heavy atom. The summed E-state index contributed by atoms with van der Waals surface area (Å²) in [6.07, 6.45) is 0. The molecule has 0 saturated carbocycles. The first-order valence-corrected chi connectivity index (χ1v) is 8.51. The van der Waals surface area contributed by atoms with Crippen molar-refractivity contribution in [3.8, 4) is 11.5 Å². The second-order valence-electron chi connectivity index (χ2n) is 6.05. The Labute approximate surface area is 148 Å². The van der Waals surface area contributed by atoms with Crippen molar-refractivity contribution in [2.24, 2.45) is 0 Å². The van der Waals surface area contributed by atoms with Gasteiger partial charge in [-0.1, -0.05) is 36.4 Å². The maximum atomic E-state index is 5.61. The van der Waals surface area contributed by atoms with Crippen LogP contribution in [0.5, 0.6) is 11.5 Å². The van der Waals surface area contributed by atoms with Crippen molar-refractivity contribution in [2.45, 2.75) is 33.0 Å². The Morgan fingerprint density at radius 2 is 1.83 bits per heavy atom. The van der Waals surface area contributed by atoms with E-state index in [2.05, 4.69) is 48.3 Å². The van der Waals surface area contributed by atoms with E-state index >= 15 is 0 Å². The highest BCUT2D eigenvalue weighted by molar-refractivity contribution is 7.80. The van der Waals surface area contributed by atoms with E-state index in [0.717, 1.165) is 28.7 Å². The topological polar surface area (TPSA) is 33.7 Å². The summed E-state index contributed by atoms with van der Waals surface area (Å²) in [6, 6.07) is 16.7. The minimum Gasteiger partial charge on any atom is -0.454 e. The normalized spacial score (nSPS) is 12.3. The molecule has 0 radical (unpaired) electrons. The number of nitrogens with one attached hydrogen (secondary N) is 1. The molecule has 4 nitrogen and oxygen atoms in total. The van der Waals surface area contributed by atoms with Crippen LogP contribution in [-0.4, -0.2) is 22.8 Å². The molecule has 0 aliphatic carbocycles. The minimum atomic E-state index is 0.294. The molecule has 2 aromatic rings. The SMILES string of the molecule is CC(C)N(Cc1ccccc1)C(=S)NCc1ccc2c(c1)OCO2. The zero-order chi connectivity index (χ0) is 16.9. The van der Waals surface area contributed by atoms with Crippen LogP contribution in [0.4, 0.5) is 0 Å². The molecule has 0 aromatic heterocycles. The van der Waals surface area contributed by atoms with Gasteiger partial charge in [0.25, 0.3) is 0 Å². The van der Waals surface area contributed by atoms with Crippen LogP contribution < -0.4 is 14.8 Å². The highest BCUT2D eigenvalue weighted by Gasteiger charge is 2.15. The van der Waals surface area contributed by atoms with Gasteiger partial charge in [-0.15, -0.1) is 0 Å². The number of hydrogen-bond acceptors (Lipinski definition) is 3. The number of thiocarbonyl (C=S) groups is 1. The van der Waals surface area contributed by atoms with Crippen molar-refractivity contribution in [1.29, 1.82) is 0 Å². The number of nitrogens with zero attached hydrogens (tertiary/aromatic N) is 1. The van der Waals surface area contributed by atoms with Crippen molar-refractivity contribution in [3.05, 3.63) is 59.7 Å². The molecule has 0 bridgehead atoms. The third-order valence-electron chi connectivity index (χ3n) is 3.96. The van der Waals surface area contributed by atoms with Gasteiger partial charge in [0.05, 0.1) is 0 Å². The standard InChI is InChI=1S/C19H22N2O2S/c1-14(2)21(12-15-6-4-3-5-7-15)19(24)20-11-16-8-9-17-18(10-16)23-13-22-17/h3-10,14H,11-13H2,1-2H3,(H,20,24). The Bertz CT molecular complexity index is 704. The molecule has 1 aliphatic heterocycles. The predicted molar refractivity (Wildman–Crippen MR) is 99.1 cm³/mol. The third-order valence-corrected chi connectivity index (χ3v) is 4.34. The van der Waals surface area contributed by atoms with E-state index in [1.165, 1.54) is 5.56 Å². The Balaban J connectivity index is 1.61. The Kier molecular flexibility index (Phi) is 5.20. The molecule has 0 unspecified atom stereocenters. The van der Waals surface area contributed by atoms with Crippen molar-refractivity contribution in [2.75, 3.05) is 6.79 Å². The van der Waals surface area contributed by atoms with Crippen molar-refractivity contribution in [1.82, 2.24) is 10.2 Å². The molecule has 24 heavy (non-hydrogen) atoms. The van der Waals surface area contributed by atoms with Crippen LogP contribution >= 0.6 is 12.2 Å². The molecule has 2 aromatic carbocycles. The highest BCUT2D eigenvalue weighted by atomic mass is 32.1. The van der Waals surface area contributed by atoms with Crippen LogP contribution in [0.15, 0.2) is 48.5 Å². The molecule has 126 valence electrons. The Morgan fingerprint density at radius 3 is 2.58 bits per heavy atom. The lowest BCUT2D eigenvalue weighted by Gasteiger charge is -2.30. The summed E-state index contributed by atoms with van der Waals surface area (Å²) in [6.45, 7) is 6.05. The van der Waals surface area contributed by atoms with Crippen LogP contribution in [0, 0.1) is 0 Å². The molecule has 0 spiro atoms. The molecule has 1 heterocycles. The molecule has 0 amide bonds. The van der Waals surface area contributed by atoms with Gasteiger partial charge in [-0.2, -0.15) is 0 Å². The van der Waals surface area contributed by atoms with Crippen molar-refractivity contribution >= 4 is 17.3 Å². The van der Waals surface area contributed by atoms with Crippen LogP contribution in [0.1, 0.15) is 25.0 Å². The lowest BCUT2D eigenvalue weighted by Crippen LogP contribution is -2.42. The van der Waals surface area contributed by atoms with E-state index in [0.29, 0.717) is 19.4 Å². The summed E-state index contributed by atoms with van der Waals surface area (Å²) in [7, 11) is 0. The van der Waals surface area contributed by atoms with Gasteiger partial charge in [0.1, 0.15) is 0 Å². The molecule has 1 N–H and O–H groups in total.